The van der Waals surface area contributed by atoms with Crippen LogP contribution < -0.4 is 20.2 Å². The second-order valence-corrected chi connectivity index (χ2v) is 7.92. The summed E-state index contributed by atoms with van der Waals surface area (Å²) in [5, 5.41) is 6.84. The van der Waals surface area contributed by atoms with E-state index in [4.69, 9.17) is 9.47 Å². The monoisotopic (exact) mass is 509 g/mol. The number of nitrogens with zero attached hydrogens (tertiary/aromatic N) is 1. The van der Waals surface area contributed by atoms with E-state index in [0.29, 0.717) is 29.2 Å². The van der Waals surface area contributed by atoms with Gasteiger partial charge in [0, 0.05) is 15.7 Å². The molecule has 0 aliphatic heterocycles. The fourth-order valence-corrected chi connectivity index (χ4v) is 3.29. The van der Waals surface area contributed by atoms with Crippen LogP contribution in [0.25, 0.3) is 0 Å². The number of halogens is 1. The summed E-state index contributed by atoms with van der Waals surface area (Å²) in [4.78, 5) is 24.5. The summed E-state index contributed by atoms with van der Waals surface area (Å²) in [5.41, 5.74) is 5.39. The van der Waals surface area contributed by atoms with E-state index < -0.39 is 0 Å². The van der Waals surface area contributed by atoms with Crippen molar-refractivity contribution in [3.63, 3.8) is 0 Å². The highest BCUT2D eigenvalue weighted by atomic mass is 79.9. The molecule has 33 heavy (non-hydrogen) atoms. The maximum atomic E-state index is 12.3. The van der Waals surface area contributed by atoms with Crippen molar-refractivity contribution in [1.82, 2.24) is 5.43 Å². The first-order valence-corrected chi connectivity index (χ1v) is 11.1. The Morgan fingerprint density at radius 1 is 1.00 bits per heavy atom. The topological polar surface area (TPSA) is 89.0 Å². The molecule has 3 aromatic carbocycles. The van der Waals surface area contributed by atoms with Crippen molar-refractivity contribution in [3.05, 3.63) is 87.9 Å². The second kappa shape index (κ2) is 11.8. The number of hydrogen-bond donors (Lipinski definition) is 2. The number of carbonyl (C=O) groups excluding carboxylic acids is 2. The number of anilines is 1. The zero-order valence-corrected chi connectivity index (χ0v) is 19.9. The van der Waals surface area contributed by atoms with Crippen LogP contribution >= 0.6 is 15.9 Å². The number of hydrogen-bond acceptors (Lipinski definition) is 5. The van der Waals surface area contributed by atoms with Crippen LogP contribution in [-0.2, 0) is 4.79 Å². The molecule has 3 aromatic rings. The molecule has 0 saturated heterocycles. The minimum Gasteiger partial charge on any atom is -0.490 e. The molecule has 0 radical (unpaired) electrons. The number of hydrazone groups is 1. The van der Waals surface area contributed by atoms with E-state index in [1.165, 1.54) is 6.21 Å². The van der Waals surface area contributed by atoms with Crippen molar-refractivity contribution < 1.29 is 19.1 Å². The Balaban J connectivity index is 1.61. The number of amides is 2. The van der Waals surface area contributed by atoms with Gasteiger partial charge in [-0.1, -0.05) is 40.2 Å². The zero-order chi connectivity index (χ0) is 23.6. The molecule has 2 amide bonds. The van der Waals surface area contributed by atoms with Crippen LogP contribution in [0.5, 0.6) is 11.5 Å². The molecule has 0 spiro atoms. The molecule has 8 heteroatoms. The molecule has 3 rings (SSSR count). The summed E-state index contributed by atoms with van der Waals surface area (Å²) >= 11 is 3.34. The molecule has 0 aliphatic carbocycles. The molecule has 0 unspecified atom stereocenters. The third kappa shape index (κ3) is 7.18. The van der Waals surface area contributed by atoms with Crippen molar-refractivity contribution in [2.45, 2.75) is 13.8 Å². The van der Waals surface area contributed by atoms with Crippen LogP contribution in [0, 0.1) is 6.92 Å². The van der Waals surface area contributed by atoms with E-state index in [0.717, 1.165) is 15.7 Å². The van der Waals surface area contributed by atoms with Gasteiger partial charge in [-0.15, -0.1) is 0 Å². The van der Waals surface area contributed by atoms with E-state index in [1.54, 1.807) is 36.4 Å². The zero-order valence-electron chi connectivity index (χ0n) is 18.3. The van der Waals surface area contributed by atoms with E-state index in [9.17, 15) is 9.59 Å². The molecular formula is C25H24BrN3O4. The smallest absolute Gasteiger partial charge is 0.271 e. The van der Waals surface area contributed by atoms with E-state index in [-0.39, 0.29) is 18.4 Å². The molecule has 0 atom stereocenters. The number of ether oxygens (including phenoxy) is 2. The third-order valence-electron chi connectivity index (χ3n) is 4.51. The van der Waals surface area contributed by atoms with Crippen molar-refractivity contribution in [2.75, 3.05) is 18.5 Å². The fourth-order valence-electron chi connectivity index (χ4n) is 2.89. The average molecular weight is 510 g/mol. The summed E-state index contributed by atoms with van der Waals surface area (Å²) < 4.78 is 12.1. The Bertz CT molecular complexity index is 1160. The van der Waals surface area contributed by atoms with E-state index in [2.05, 4.69) is 31.8 Å². The highest BCUT2D eigenvalue weighted by molar-refractivity contribution is 9.10. The minimum atomic E-state index is -0.322. The lowest BCUT2D eigenvalue weighted by Crippen LogP contribution is -2.20. The number of benzene rings is 3. The quantitative estimate of drug-likeness (QED) is 0.316. The normalized spacial score (nSPS) is 10.6. The fraction of sp³-hybridized carbons (Fsp3) is 0.160. The van der Waals surface area contributed by atoms with Gasteiger partial charge in [-0.25, -0.2) is 5.43 Å². The standard InChI is InChI=1S/C25H24BrN3O4/c1-3-32-23-13-18(15-27-29-25(31)19-8-6-9-20(26)14-19)11-12-22(23)33-16-24(30)28-21-10-5-4-7-17(21)2/h4-15H,3,16H2,1-2H3,(H,28,30)(H,29,31)/b27-15+. The largest absolute Gasteiger partial charge is 0.490 e. The Kier molecular flexibility index (Phi) is 8.60. The Labute approximate surface area is 200 Å². The van der Waals surface area contributed by atoms with E-state index in [1.807, 2.05) is 44.2 Å². The third-order valence-corrected chi connectivity index (χ3v) is 5.01. The lowest BCUT2D eigenvalue weighted by atomic mass is 10.2. The molecule has 0 fully saturated rings. The van der Waals surface area contributed by atoms with Gasteiger partial charge in [0.1, 0.15) is 0 Å². The van der Waals surface area contributed by atoms with Gasteiger partial charge >= 0.3 is 0 Å². The average Bonchev–Trinajstić information content (AvgIpc) is 2.80. The summed E-state index contributed by atoms with van der Waals surface area (Å²) in [5.74, 6) is 0.320. The number of nitrogens with one attached hydrogen (secondary N) is 2. The molecule has 0 saturated carbocycles. The molecular weight excluding hydrogens is 486 g/mol. The molecule has 0 aliphatic rings. The molecule has 2 N–H and O–H groups in total. The van der Waals surface area contributed by atoms with Crippen LogP contribution in [0.1, 0.15) is 28.4 Å². The van der Waals surface area contributed by atoms with Crippen molar-refractivity contribution in [3.8, 4) is 11.5 Å². The van der Waals surface area contributed by atoms with Gasteiger partial charge in [0.15, 0.2) is 18.1 Å². The van der Waals surface area contributed by atoms with Gasteiger partial charge in [0.25, 0.3) is 11.8 Å². The molecule has 170 valence electrons. The summed E-state index contributed by atoms with van der Waals surface area (Å²) in [6.07, 6.45) is 1.51. The van der Waals surface area contributed by atoms with Gasteiger partial charge in [0.05, 0.1) is 12.8 Å². The van der Waals surface area contributed by atoms with Gasteiger partial charge in [-0.3, -0.25) is 9.59 Å². The number of para-hydroxylation sites is 1. The Hall–Kier alpha value is -3.65. The highest BCUT2D eigenvalue weighted by Gasteiger charge is 2.10. The lowest BCUT2D eigenvalue weighted by Gasteiger charge is -2.13. The SMILES string of the molecule is CCOc1cc(/C=N/NC(=O)c2cccc(Br)c2)ccc1OCC(=O)Nc1ccccc1C. The van der Waals surface area contributed by atoms with Crippen molar-refractivity contribution in [1.29, 1.82) is 0 Å². The number of rotatable bonds is 9. The first-order chi connectivity index (χ1) is 16.0. The van der Waals surface area contributed by atoms with Crippen molar-refractivity contribution >= 4 is 39.6 Å². The lowest BCUT2D eigenvalue weighted by molar-refractivity contribution is -0.118. The maximum absolute atomic E-state index is 12.3. The summed E-state index contributed by atoms with van der Waals surface area (Å²) in [6.45, 7) is 4.04. The number of aryl methyl sites for hydroxylation is 1. The van der Waals surface area contributed by atoms with Crippen LogP contribution in [0.4, 0.5) is 5.69 Å². The van der Waals surface area contributed by atoms with Crippen LogP contribution in [0.3, 0.4) is 0 Å². The first kappa shape index (κ1) is 24.0. The first-order valence-electron chi connectivity index (χ1n) is 10.3. The molecule has 0 bridgehead atoms. The van der Waals surface area contributed by atoms with Gasteiger partial charge < -0.3 is 14.8 Å². The molecule has 0 aromatic heterocycles. The van der Waals surface area contributed by atoms with Gasteiger partial charge in [-0.2, -0.15) is 5.10 Å². The molecule has 0 heterocycles. The van der Waals surface area contributed by atoms with Crippen molar-refractivity contribution in [2.24, 2.45) is 5.10 Å². The predicted molar refractivity (Wildman–Crippen MR) is 132 cm³/mol. The van der Waals surface area contributed by atoms with Crippen LogP contribution in [-0.4, -0.2) is 31.2 Å². The number of carbonyl (C=O) groups is 2. The second-order valence-electron chi connectivity index (χ2n) is 7.00. The Morgan fingerprint density at radius 3 is 2.58 bits per heavy atom. The maximum Gasteiger partial charge on any atom is 0.271 e. The summed E-state index contributed by atoms with van der Waals surface area (Å²) in [7, 11) is 0. The Morgan fingerprint density at radius 2 is 1.82 bits per heavy atom. The highest BCUT2D eigenvalue weighted by Crippen LogP contribution is 2.28. The van der Waals surface area contributed by atoms with Gasteiger partial charge in [0.2, 0.25) is 0 Å². The molecule has 7 nitrogen and oxygen atoms in total. The minimum absolute atomic E-state index is 0.162. The van der Waals surface area contributed by atoms with Crippen LogP contribution in [0.15, 0.2) is 76.3 Å². The van der Waals surface area contributed by atoms with E-state index >= 15 is 0 Å². The summed E-state index contributed by atoms with van der Waals surface area (Å²) in [6, 6.07) is 19.7. The predicted octanol–water partition coefficient (Wildman–Crippen LogP) is 4.94. The van der Waals surface area contributed by atoms with Crippen LogP contribution in [0.2, 0.25) is 0 Å². The van der Waals surface area contributed by atoms with Gasteiger partial charge in [-0.05, 0) is 67.4 Å².